The fraction of sp³-hybridized carbons (Fsp3) is 0.214. The van der Waals surface area contributed by atoms with E-state index in [2.05, 4.69) is 21.1 Å². The molecule has 0 saturated heterocycles. The van der Waals surface area contributed by atoms with E-state index in [4.69, 9.17) is 5.26 Å². The number of fused-ring (bicyclic) bond motifs is 1. The van der Waals surface area contributed by atoms with E-state index in [1.165, 1.54) is 7.11 Å². The summed E-state index contributed by atoms with van der Waals surface area (Å²) >= 11 is 0. The van der Waals surface area contributed by atoms with E-state index in [-0.39, 0.29) is 12.4 Å². The molecule has 0 atom stereocenters. The van der Waals surface area contributed by atoms with Gasteiger partial charge in [0, 0.05) is 11.9 Å². The quantitative estimate of drug-likeness (QED) is 0.846. The highest BCUT2D eigenvalue weighted by Gasteiger charge is 2.05. The van der Waals surface area contributed by atoms with Gasteiger partial charge in [-0.1, -0.05) is 18.2 Å². The van der Waals surface area contributed by atoms with Gasteiger partial charge in [0.25, 0.3) is 0 Å². The van der Waals surface area contributed by atoms with Gasteiger partial charge in [0.2, 0.25) is 0 Å². The Bertz CT molecular complexity index is 647. The van der Waals surface area contributed by atoms with E-state index >= 15 is 0 Å². The molecule has 5 heteroatoms. The van der Waals surface area contributed by atoms with Gasteiger partial charge in [0.1, 0.15) is 5.82 Å². The summed E-state index contributed by atoms with van der Waals surface area (Å²) in [6, 6.07) is 11.3. The number of para-hydroxylation sites is 1. The lowest BCUT2D eigenvalue weighted by molar-refractivity contribution is -0.140. The zero-order chi connectivity index (χ0) is 13.7. The zero-order valence-electron chi connectivity index (χ0n) is 10.5. The van der Waals surface area contributed by atoms with E-state index < -0.39 is 0 Å². The molecule has 0 aliphatic rings. The fourth-order valence-corrected chi connectivity index (χ4v) is 1.75. The van der Waals surface area contributed by atoms with Crippen LogP contribution in [0.15, 0.2) is 30.3 Å². The summed E-state index contributed by atoms with van der Waals surface area (Å²) in [7, 11) is 1.35. The van der Waals surface area contributed by atoms with Crippen molar-refractivity contribution in [2.24, 2.45) is 0 Å². The summed E-state index contributed by atoms with van der Waals surface area (Å²) in [4.78, 5) is 15.4. The Kier molecular flexibility index (Phi) is 3.94. The van der Waals surface area contributed by atoms with Crippen LogP contribution < -0.4 is 5.32 Å². The number of anilines is 1. The number of hydrogen-bond donors (Lipinski definition) is 1. The Morgan fingerprint density at radius 3 is 3.00 bits per heavy atom. The minimum Gasteiger partial charge on any atom is -0.469 e. The van der Waals surface area contributed by atoms with Crippen LogP contribution in [0.1, 0.15) is 12.0 Å². The number of hydrogen-bond acceptors (Lipinski definition) is 5. The predicted molar refractivity (Wildman–Crippen MR) is 71.6 cm³/mol. The second kappa shape index (κ2) is 5.83. The minimum atomic E-state index is -0.284. The molecule has 1 aromatic heterocycles. The van der Waals surface area contributed by atoms with Crippen LogP contribution in [0.25, 0.3) is 10.9 Å². The third kappa shape index (κ3) is 2.99. The SMILES string of the molecule is COC(=O)CCNc1cc(C#N)c2ccccc2n1. The van der Waals surface area contributed by atoms with Crippen LogP contribution in [0.5, 0.6) is 0 Å². The first-order valence-corrected chi connectivity index (χ1v) is 5.85. The predicted octanol–water partition coefficient (Wildman–Crippen LogP) is 2.08. The van der Waals surface area contributed by atoms with Crippen molar-refractivity contribution in [2.45, 2.75) is 6.42 Å². The average Bonchev–Trinajstić information content (AvgIpc) is 2.46. The molecule has 0 unspecified atom stereocenters. The van der Waals surface area contributed by atoms with Gasteiger partial charge >= 0.3 is 5.97 Å². The maximum atomic E-state index is 11.0. The summed E-state index contributed by atoms with van der Waals surface area (Å²) in [6.07, 6.45) is 0.257. The lowest BCUT2D eigenvalue weighted by atomic mass is 10.1. The van der Waals surface area contributed by atoms with Crippen LogP contribution in [0, 0.1) is 11.3 Å². The lowest BCUT2D eigenvalue weighted by Gasteiger charge is -2.07. The maximum Gasteiger partial charge on any atom is 0.307 e. The molecule has 1 N–H and O–H groups in total. The highest BCUT2D eigenvalue weighted by molar-refractivity contribution is 5.86. The molecule has 0 aliphatic heterocycles. The molecule has 0 bridgehead atoms. The van der Waals surface area contributed by atoms with Gasteiger partial charge in [-0.2, -0.15) is 5.26 Å². The first-order chi connectivity index (χ1) is 9.24. The first kappa shape index (κ1) is 12.8. The van der Waals surface area contributed by atoms with Crippen molar-refractivity contribution in [3.05, 3.63) is 35.9 Å². The molecule has 0 aliphatic carbocycles. The summed E-state index contributed by atoms with van der Waals surface area (Å²) in [5.41, 5.74) is 1.31. The number of nitriles is 1. The topological polar surface area (TPSA) is 75.0 Å². The van der Waals surface area contributed by atoms with Crippen LogP contribution in [-0.4, -0.2) is 24.6 Å². The van der Waals surface area contributed by atoms with Crippen molar-refractivity contribution in [1.29, 1.82) is 5.26 Å². The molecule has 0 amide bonds. The van der Waals surface area contributed by atoms with Crippen molar-refractivity contribution in [2.75, 3.05) is 19.0 Å². The number of esters is 1. The van der Waals surface area contributed by atoms with Gasteiger partial charge < -0.3 is 10.1 Å². The number of carbonyl (C=O) groups excluding carboxylic acids is 1. The second-order valence-corrected chi connectivity index (χ2v) is 3.94. The van der Waals surface area contributed by atoms with Gasteiger partial charge in [-0.05, 0) is 12.1 Å². The van der Waals surface area contributed by atoms with Crippen molar-refractivity contribution in [3.63, 3.8) is 0 Å². The Morgan fingerprint density at radius 1 is 1.47 bits per heavy atom. The van der Waals surface area contributed by atoms with Gasteiger partial charge in [0.15, 0.2) is 0 Å². The Hall–Kier alpha value is -2.61. The number of benzene rings is 1. The fourth-order valence-electron chi connectivity index (χ4n) is 1.75. The van der Waals surface area contributed by atoms with Crippen LogP contribution in [0.3, 0.4) is 0 Å². The normalized spacial score (nSPS) is 9.89. The monoisotopic (exact) mass is 255 g/mol. The van der Waals surface area contributed by atoms with E-state index in [9.17, 15) is 4.79 Å². The molecule has 5 nitrogen and oxygen atoms in total. The maximum absolute atomic E-state index is 11.0. The average molecular weight is 255 g/mol. The molecule has 0 spiro atoms. The van der Waals surface area contributed by atoms with Crippen LogP contribution in [-0.2, 0) is 9.53 Å². The summed E-state index contributed by atoms with van der Waals surface area (Å²) in [5, 5.41) is 13.0. The van der Waals surface area contributed by atoms with Crippen LogP contribution >= 0.6 is 0 Å². The number of pyridine rings is 1. The van der Waals surface area contributed by atoms with Crippen molar-refractivity contribution in [3.8, 4) is 6.07 Å². The third-order valence-corrected chi connectivity index (χ3v) is 2.70. The number of ether oxygens (including phenoxy) is 1. The molecule has 1 aromatic carbocycles. The Labute approximate surface area is 110 Å². The number of nitrogens with one attached hydrogen (secondary N) is 1. The minimum absolute atomic E-state index is 0.257. The van der Waals surface area contributed by atoms with Gasteiger partial charge in [-0.3, -0.25) is 4.79 Å². The molecule has 2 rings (SSSR count). The smallest absolute Gasteiger partial charge is 0.307 e. The highest BCUT2D eigenvalue weighted by Crippen LogP contribution is 2.19. The van der Waals surface area contributed by atoms with Crippen molar-refractivity contribution < 1.29 is 9.53 Å². The van der Waals surface area contributed by atoms with E-state index in [1.54, 1.807) is 6.07 Å². The Morgan fingerprint density at radius 2 is 2.26 bits per heavy atom. The van der Waals surface area contributed by atoms with Crippen molar-refractivity contribution in [1.82, 2.24) is 4.98 Å². The molecule has 96 valence electrons. The highest BCUT2D eigenvalue weighted by atomic mass is 16.5. The molecular formula is C14H13N3O2. The number of rotatable bonds is 4. The van der Waals surface area contributed by atoms with Gasteiger partial charge in [-0.25, -0.2) is 4.98 Å². The second-order valence-electron chi connectivity index (χ2n) is 3.94. The lowest BCUT2D eigenvalue weighted by Crippen LogP contribution is -2.10. The van der Waals surface area contributed by atoms with E-state index in [0.29, 0.717) is 17.9 Å². The summed E-state index contributed by atoms with van der Waals surface area (Å²) in [5.74, 6) is 0.299. The standard InChI is InChI=1S/C14H13N3O2/c1-19-14(18)6-7-16-13-8-10(9-15)11-4-2-3-5-12(11)17-13/h2-5,8H,6-7H2,1H3,(H,16,17). The number of carbonyl (C=O) groups is 1. The Balaban J connectivity index is 2.20. The van der Waals surface area contributed by atoms with Crippen molar-refractivity contribution >= 4 is 22.7 Å². The largest absolute Gasteiger partial charge is 0.469 e. The third-order valence-electron chi connectivity index (χ3n) is 2.70. The zero-order valence-corrected chi connectivity index (χ0v) is 10.5. The van der Waals surface area contributed by atoms with Crippen LogP contribution in [0.4, 0.5) is 5.82 Å². The van der Waals surface area contributed by atoms with Gasteiger partial charge in [-0.15, -0.1) is 0 Å². The molecule has 2 aromatic rings. The van der Waals surface area contributed by atoms with E-state index in [0.717, 1.165) is 10.9 Å². The molecule has 0 fully saturated rings. The first-order valence-electron chi connectivity index (χ1n) is 5.85. The molecule has 1 heterocycles. The number of nitrogens with zero attached hydrogens (tertiary/aromatic N) is 2. The number of aromatic nitrogens is 1. The molecule has 0 radical (unpaired) electrons. The van der Waals surface area contributed by atoms with Gasteiger partial charge in [0.05, 0.1) is 30.7 Å². The summed E-state index contributed by atoms with van der Waals surface area (Å²) < 4.78 is 4.55. The summed E-state index contributed by atoms with van der Waals surface area (Å²) in [6.45, 7) is 0.420. The number of methoxy groups -OCH3 is 1. The molecule has 0 saturated carbocycles. The van der Waals surface area contributed by atoms with E-state index in [1.807, 2.05) is 24.3 Å². The molecule has 19 heavy (non-hydrogen) atoms. The molecular weight excluding hydrogens is 242 g/mol. The van der Waals surface area contributed by atoms with Crippen LogP contribution in [0.2, 0.25) is 0 Å².